The Bertz CT molecular complexity index is 1090. The minimum atomic E-state index is -0.485. The average Bonchev–Trinajstić information content (AvgIpc) is 3.32. The van der Waals surface area contributed by atoms with Gasteiger partial charge in [-0.05, 0) is 42.9 Å². The van der Waals surface area contributed by atoms with E-state index in [1.54, 1.807) is 4.90 Å². The van der Waals surface area contributed by atoms with Crippen molar-refractivity contribution < 1.29 is 9.72 Å². The van der Waals surface area contributed by atoms with E-state index in [1.165, 1.54) is 16.4 Å². The number of rotatable bonds is 6. The highest BCUT2D eigenvalue weighted by Gasteiger charge is 2.28. The van der Waals surface area contributed by atoms with Gasteiger partial charge in [0.25, 0.3) is 0 Å². The van der Waals surface area contributed by atoms with Crippen LogP contribution in [-0.4, -0.2) is 44.5 Å². The molecule has 2 aromatic carbocycles. The molecular weight excluding hydrogens is 382 g/mol. The molecule has 1 aromatic heterocycles. The summed E-state index contributed by atoms with van der Waals surface area (Å²) in [6, 6.07) is 15.4. The fourth-order valence-corrected chi connectivity index (χ4v) is 3.73. The summed E-state index contributed by atoms with van der Waals surface area (Å²) in [5, 5.41) is 15.8. The van der Waals surface area contributed by atoms with Crippen molar-refractivity contribution in [1.82, 2.24) is 19.6 Å². The summed E-state index contributed by atoms with van der Waals surface area (Å²) in [4.78, 5) is 27.8. The van der Waals surface area contributed by atoms with E-state index >= 15 is 0 Å². The maximum atomic E-state index is 12.9. The second kappa shape index (κ2) is 8.08. The summed E-state index contributed by atoms with van der Waals surface area (Å²) >= 11 is 0. The van der Waals surface area contributed by atoms with Crippen LogP contribution in [0.3, 0.4) is 0 Å². The molecule has 0 saturated carbocycles. The van der Waals surface area contributed by atoms with Crippen molar-refractivity contribution in [2.75, 3.05) is 14.1 Å². The number of aromatic nitrogens is 2. The van der Waals surface area contributed by atoms with Gasteiger partial charge in [-0.15, -0.1) is 0 Å². The van der Waals surface area contributed by atoms with E-state index < -0.39 is 4.92 Å². The smallest absolute Gasteiger partial charge is 0.311 e. The van der Waals surface area contributed by atoms with E-state index in [1.807, 2.05) is 44.4 Å². The van der Waals surface area contributed by atoms with Crippen molar-refractivity contribution >= 4 is 11.6 Å². The number of nitro groups is 1. The van der Waals surface area contributed by atoms with Crippen LogP contribution in [0, 0.1) is 10.1 Å². The van der Waals surface area contributed by atoms with E-state index in [2.05, 4.69) is 28.2 Å². The highest BCUT2D eigenvalue weighted by Crippen LogP contribution is 2.26. The molecule has 3 aromatic rings. The Morgan fingerprint density at radius 3 is 2.57 bits per heavy atom. The molecule has 1 aliphatic heterocycles. The largest absolute Gasteiger partial charge is 0.334 e. The van der Waals surface area contributed by atoms with Crippen molar-refractivity contribution in [3.63, 3.8) is 0 Å². The molecule has 0 atom stereocenters. The van der Waals surface area contributed by atoms with E-state index in [9.17, 15) is 14.9 Å². The van der Waals surface area contributed by atoms with Crippen molar-refractivity contribution in [3.05, 3.63) is 87.2 Å². The lowest BCUT2D eigenvalue weighted by atomic mass is 10.1. The quantitative estimate of drug-likeness (QED) is 0.465. The van der Waals surface area contributed by atoms with Crippen LogP contribution in [0.2, 0.25) is 0 Å². The lowest BCUT2D eigenvalue weighted by molar-refractivity contribution is -0.385. The molecule has 0 radical (unpaired) electrons. The Kier molecular flexibility index (Phi) is 5.33. The summed E-state index contributed by atoms with van der Waals surface area (Å²) in [7, 11) is 4.04. The first kappa shape index (κ1) is 19.8. The van der Waals surface area contributed by atoms with Gasteiger partial charge in [0.2, 0.25) is 5.91 Å². The van der Waals surface area contributed by atoms with Gasteiger partial charge in [0, 0.05) is 19.6 Å². The first-order chi connectivity index (χ1) is 14.4. The van der Waals surface area contributed by atoms with Gasteiger partial charge in [-0.1, -0.05) is 36.4 Å². The Balaban J connectivity index is 1.51. The van der Waals surface area contributed by atoms with Crippen LogP contribution in [0.15, 0.2) is 54.7 Å². The third kappa shape index (κ3) is 4.08. The predicted octanol–water partition coefficient (Wildman–Crippen LogP) is 2.93. The number of hydrogen-bond acceptors (Lipinski definition) is 5. The maximum absolute atomic E-state index is 12.9. The van der Waals surface area contributed by atoms with E-state index in [4.69, 9.17) is 0 Å². The highest BCUT2D eigenvalue weighted by molar-refractivity contribution is 5.80. The van der Waals surface area contributed by atoms with Crippen LogP contribution in [0.5, 0.6) is 0 Å². The van der Waals surface area contributed by atoms with Crippen molar-refractivity contribution in [1.29, 1.82) is 0 Å². The molecule has 0 aliphatic carbocycles. The van der Waals surface area contributed by atoms with E-state index in [0.29, 0.717) is 18.8 Å². The molecule has 8 nitrogen and oxygen atoms in total. The fourth-order valence-electron chi connectivity index (χ4n) is 3.73. The number of amides is 1. The number of para-hydroxylation sites is 1. The second-order valence-electron chi connectivity index (χ2n) is 7.77. The summed E-state index contributed by atoms with van der Waals surface area (Å²) in [6.45, 7) is 1.87. The van der Waals surface area contributed by atoms with Crippen molar-refractivity contribution in [2.24, 2.45) is 0 Å². The van der Waals surface area contributed by atoms with Gasteiger partial charge in [0.15, 0.2) is 0 Å². The normalized spacial score (nSPS) is 13.0. The molecule has 1 aliphatic rings. The standard InChI is InChI=1S/C22H23N5O3/c1-24(2)12-16-8-9-17-13-25(14-18(17)10-16)22(28)11-20-21(27(29)30)15-26(23-20)19-6-4-3-5-7-19/h3-10,15H,11-14H2,1-2H3. The van der Waals surface area contributed by atoms with Gasteiger partial charge in [-0.25, -0.2) is 4.68 Å². The third-order valence-corrected chi connectivity index (χ3v) is 5.15. The maximum Gasteiger partial charge on any atom is 0.311 e. The number of hydrogen-bond donors (Lipinski definition) is 0. The van der Waals surface area contributed by atoms with Gasteiger partial charge in [0.05, 0.1) is 17.0 Å². The minimum absolute atomic E-state index is 0.102. The lowest BCUT2D eigenvalue weighted by Crippen LogP contribution is -2.27. The number of carbonyl (C=O) groups is 1. The van der Waals surface area contributed by atoms with Crippen molar-refractivity contribution in [3.8, 4) is 5.69 Å². The molecule has 0 fully saturated rings. The SMILES string of the molecule is CN(C)Cc1ccc2c(c1)CN(C(=O)Cc1nn(-c3ccccc3)cc1[N+](=O)[O-])C2. The van der Waals surface area contributed by atoms with Gasteiger partial charge in [0.1, 0.15) is 11.9 Å². The van der Waals surface area contributed by atoms with Crippen LogP contribution in [0.25, 0.3) is 5.69 Å². The van der Waals surface area contributed by atoms with Gasteiger partial charge >= 0.3 is 5.69 Å². The topological polar surface area (TPSA) is 84.5 Å². The number of fused-ring (bicyclic) bond motifs is 1. The third-order valence-electron chi connectivity index (χ3n) is 5.15. The molecule has 2 heterocycles. The zero-order valence-corrected chi connectivity index (χ0v) is 17.0. The van der Waals surface area contributed by atoms with Gasteiger partial charge in [-0.3, -0.25) is 14.9 Å². The summed E-state index contributed by atoms with van der Waals surface area (Å²) in [5.41, 5.74) is 4.20. The number of nitrogens with zero attached hydrogens (tertiary/aromatic N) is 5. The van der Waals surface area contributed by atoms with Crippen molar-refractivity contribution in [2.45, 2.75) is 26.1 Å². The van der Waals surface area contributed by atoms with Crippen LogP contribution in [0.1, 0.15) is 22.4 Å². The zero-order valence-electron chi connectivity index (χ0n) is 17.0. The lowest BCUT2D eigenvalue weighted by Gasteiger charge is -2.14. The Morgan fingerprint density at radius 2 is 1.87 bits per heavy atom. The monoisotopic (exact) mass is 405 g/mol. The Morgan fingerprint density at radius 1 is 1.13 bits per heavy atom. The van der Waals surface area contributed by atoms with Crippen LogP contribution >= 0.6 is 0 Å². The number of benzene rings is 2. The number of carbonyl (C=O) groups excluding carboxylic acids is 1. The van der Waals surface area contributed by atoms with Crippen LogP contribution < -0.4 is 0 Å². The van der Waals surface area contributed by atoms with E-state index in [0.717, 1.165) is 17.7 Å². The molecule has 0 N–H and O–H groups in total. The van der Waals surface area contributed by atoms with E-state index in [-0.39, 0.29) is 23.7 Å². The molecule has 0 bridgehead atoms. The molecule has 8 heteroatoms. The molecule has 1 amide bonds. The van der Waals surface area contributed by atoms with Gasteiger partial charge in [-0.2, -0.15) is 5.10 Å². The first-order valence-corrected chi connectivity index (χ1v) is 9.72. The Labute approximate surface area is 174 Å². The molecule has 154 valence electrons. The summed E-state index contributed by atoms with van der Waals surface area (Å²) in [6.07, 6.45) is 1.26. The van der Waals surface area contributed by atoms with Crippen LogP contribution in [-0.2, 0) is 30.8 Å². The molecule has 30 heavy (non-hydrogen) atoms. The van der Waals surface area contributed by atoms with Crippen LogP contribution in [0.4, 0.5) is 5.69 Å². The molecule has 0 unspecified atom stereocenters. The highest BCUT2D eigenvalue weighted by atomic mass is 16.6. The minimum Gasteiger partial charge on any atom is -0.334 e. The zero-order chi connectivity index (χ0) is 21.3. The summed E-state index contributed by atoms with van der Waals surface area (Å²) in [5.74, 6) is -0.165. The molecular formula is C22H23N5O3. The first-order valence-electron chi connectivity index (χ1n) is 9.72. The fraction of sp³-hybridized carbons (Fsp3) is 0.273. The summed E-state index contributed by atoms with van der Waals surface area (Å²) < 4.78 is 1.45. The van der Waals surface area contributed by atoms with Gasteiger partial charge < -0.3 is 9.80 Å². The second-order valence-corrected chi connectivity index (χ2v) is 7.77. The average molecular weight is 405 g/mol. The molecule has 0 saturated heterocycles. The Hall–Kier alpha value is -3.52. The molecule has 4 rings (SSSR count). The molecule has 0 spiro atoms. The predicted molar refractivity (Wildman–Crippen MR) is 112 cm³/mol.